The van der Waals surface area contributed by atoms with Gasteiger partial charge in [0.05, 0.1) is 12.2 Å². The summed E-state index contributed by atoms with van der Waals surface area (Å²) in [5.41, 5.74) is 0.249. The zero-order valence-electron chi connectivity index (χ0n) is 15.9. The van der Waals surface area contributed by atoms with Crippen LogP contribution in [0.3, 0.4) is 0 Å². The van der Waals surface area contributed by atoms with E-state index in [4.69, 9.17) is 0 Å². The maximum Gasteiger partial charge on any atom is 0.0840 e. The van der Waals surface area contributed by atoms with E-state index in [1.54, 1.807) is 0 Å². The van der Waals surface area contributed by atoms with Gasteiger partial charge >= 0.3 is 0 Å². The number of hydrogen-bond donors (Lipinski definition) is 2. The van der Waals surface area contributed by atoms with Gasteiger partial charge in [0.15, 0.2) is 0 Å². The minimum Gasteiger partial charge on any atom is -0.396 e. The Balaban J connectivity index is 1.51. The summed E-state index contributed by atoms with van der Waals surface area (Å²) in [5, 5.41) is 22.3. The SMILES string of the molecule is OC[C@]12CCC[C@@]3(CCC=CC[C@]31O)CN(CCCc1ccccc1)C2. The van der Waals surface area contributed by atoms with Gasteiger partial charge in [0.1, 0.15) is 0 Å². The fraction of sp³-hybridized carbons (Fsp3) is 0.652. The van der Waals surface area contributed by atoms with Crippen LogP contribution in [-0.2, 0) is 6.42 Å². The van der Waals surface area contributed by atoms with E-state index in [9.17, 15) is 10.2 Å². The van der Waals surface area contributed by atoms with Crippen LogP contribution in [0.2, 0.25) is 0 Å². The van der Waals surface area contributed by atoms with Gasteiger partial charge in [-0.25, -0.2) is 0 Å². The van der Waals surface area contributed by atoms with E-state index in [1.807, 2.05) is 0 Å². The summed E-state index contributed by atoms with van der Waals surface area (Å²) < 4.78 is 0. The molecule has 0 amide bonds. The second-order valence-corrected chi connectivity index (χ2v) is 8.95. The molecule has 1 aromatic rings. The van der Waals surface area contributed by atoms with Gasteiger partial charge in [-0.05, 0) is 57.1 Å². The number of allylic oxidation sites excluding steroid dienone is 1. The summed E-state index contributed by atoms with van der Waals surface area (Å²) in [6.07, 6.45) is 12.7. The van der Waals surface area contributed by atoms with Crippen molar-refractivity contribution in [3.05, 3.63) is 48.0 Å². The molecule has 1 aliphatic heterocycles. The number of piperidine rings is 1. The van der Waals surface area contributed by atoms with Crippen molar-refractivity contribution in [2.75, 3.05) is 26.2 Å². The molecule has 1 aromatic carbocycles. The van der Waals surface area contributed by atoms with E-state index in [1.165, 1.54) is 5.56 Å². The summed E-state index contributed by atoms with van der Waals surface area (Å²) in [6, 6.07) is 10.7. The number of aliphatic hydroxyl groups is 2. The highest BCUT2D eigenvalue weighted by Gasteiger charge is 2.66. The van der Waals surface area contributed by atoms with Crippen LogP contribution < -0.4 is 0 Å². The maximum absolute atomic E-state index is 11.9. The van der Waals surface area contributed by atoms with Gasteiger partial charge in [0, 0.05) is 23.9 Å². The van der Waals surface area contributed by atoms with E-state index in [0.29, 0.717) is 6.42 Å². The monoisotopic (exact) mass is 355 g/mol. The predicted octanol–water partition coefficient (Wildman–Crippen LogP) is 3.56. The molecule has 1 heterocycles. The smallest absolute Gasteiger partial charge is 0.0840 e. The molecule has 0 unspecified atom stereocenters. The van der Waals surface area contributed by atoms with Crippen LogP contribution in [-0.4, -0.2) is 47.0 Å². The Kier molecular flexibility index (Phi) is 4.98. The Morgan fingerprint density at radius 1 is 1.00 bits per heavy atom. The third-order valence-electron chi connectivity index (χ3n) is 7.57. The van der Waals surface area contributed by atoms with Crippen LogP contribution in [0.25, 0.3) is 0 Å². The minimum atomic E-state index is -0.740. The topological polar surface area (TPSA) is 43.7 Å². The van der Waals surface area contributed by atoms with Gasteiger partial charge < -0.3 is 15.1 Å². The summed E-state index contributed by atoms with van der Waals surface area (Å²) in [6.45, 7) is 2.99. The van der Waals surface area contributed by atoms with E-state index < -0.39 is 5.60 Å². The average molecular weight is 356 g/mol. The molecule has 0 radical (unpaired) electrons. The first-order valence-corrected chi connectivity index (χ1v) is 10.4. The Labute approximate surface area is 157 Å². The molecule has 0 aromatic heterocycles. The third-order valence-corrected chi connectivity index (χ3v) is 7.57. The highest BCUT2D eigenvalue weighted by atomic mass is 16.3. The second-order valence-electron chi connectivity index (χ2n) is 8.95. The molecule has 3 heteroatoms. The molecule has 2 aliphatic carbocycles. The van der Waals surface area contributed by atoms with E-state index in [-0.39, 0.29) is 17.4 Å². The Hall–Kier alpha value is -1.16. The fourth-order valence-electron chi connectivity index (χ4n) is 6.22. The van der Waals surface area contributed by atoms with Crippen LogP contribution in [0.1, 0.15) is 50.5 Å². The zero-order valence-corrected chi connectivity index (χ0v) is 15.9. The van der Waals surface area contributed by atoms with Crippen molar-refractivity contribution < 1.29 is 10.2 Å². The number of rotatable bonds is 5. The van der Waals surface area contributed by atoms with Crippen molar-refractivity contribution in [1.29, 1.82) is 0 Å². The summed E-state index contributed by atoms with van der Waals surface area (Å²) in [5.74, 6) is 0. The molecule has 2 N–H and O–H groups in total. The van der Waals surface area contributed by atoms with Gasteiger partial charge in [-0.15, -0.1) is 0 Å². The Morgan fingerprint density at radius 2 is 1.85 bits per heavy atom. The lowest BCUT2D eigenvalue weighted by Crippen LogP contribution is -2.73. The molecule has 3 nitrogen and oxygen atoms in total. The summed E-state index contributed by atoms with van der Waals surface area (Å²) >= 11 is 0. The molecule has 1 saturated heterocycles. The molecule has 1 saturated carbocycles. The Bertz CT molecular complexity index is 645. The lowest BCUT2D eigenvalue weighted by Gasteiger charge is -2.66. The van der Waals surface area contributed by atoms with Crippen LogP contribution in [0.4, 0.5) is 0 Å². The number of aryl methyl sites for hydroxylation is 1. The van der Waals surface area contributed by atoms with Crippen LogP contribution in [0, 0.1) is 10.8 Å². The zero-order chi connectivity index (χ0) is 18.1. The number of aliphatic hydroxyl groups excluding tert-OH is 1. The molecule has 4 rings (SSSR count). The lowest BCUT2D eigenvalue weighted by atomic mass is 9.47. The van der Waals surface area contributed by atoms with Crippen molar-refractivity contribution in [2.45, 2.75) is 57.0 Å². The number of nitrogens with zero attached hydrogens (tertiary/aromatic N) is 1. The number of benzene rings is 1. The molecular formula is C23H33NO2. The van der Waals surface area contributed by atoms with Gasteiger partial charge in [0.25, 0.3) is 0 Å². The number of likely N-dealkylation sites (tertiary alicyclic amines) is 1. The maximum atomic E-state index is 11.9. The number of hydrogen-bond acceptors (Lipinski definition) is 3. The third kappa shape index (κ3) is 2.85. The van der Waals surface area contributed by atoms with Gasteiger partial charge in [-0.3, -0.25) is 0 Å². The second kappa shape index (κ2) is 7.10. The first kappa shape index (κ1) is 18.2. The molecule has 142 valence electrons. The first-order chi connectivity index (χ1) is 12.6. The molecule has 3 atom stereocenters. The predicted molar refractivity (Wildman–Crippen MR) is 105 cm³/mol. The quantitative estimate of drug-likeness (QED) is 0.794. The summed E-state index contributed by atoms with van der Waals surface area (Å²) in [4.78, 5) is 2.55. The molecular weight excluding hydrogens is 322 g/mol. The van der Waals surface area contributed by atoms with E-state index in [2.05, 4.69) is 47.4 Å². The summed E-state index contributed by atoms with van der Waals surface area (Å²) in [7, 11) is 0. The van der Waals surface area contributed by atoms with Crippen molar-refractivity contribution in [1.82, 2.24) is 4.90 Å². The van der Waals surface area contributed by atoms with Gasteiger partial charge in [-0.1, -0.05) is 48.9 Å². The standard InChI is InChI=1S/C23H33NO2/c25-19-22-14-8-13-21(12-5-2-6-15-23(21,22)26)17-24(18-22)16-7-11-20-9-3-1-4-10-20/h1-4,6,9-10,25-26H,5,7-8,11-19H2/t21-,22+,23-/m0/s1. The molecule has 0 spiro atoms. The minimum absolute atomic E-state index is 0.0531. The fourth-order valence-corrected chi connectivity index (χ4v) is 6.22. The van der Waals surface area contributed by atoms with Crippen molar-refractivity contribution >= 4 is 0 Å². The van der Waals surface area contributed by atoms with Crippen LogP contribution in [0.5, 0.6) is 0 Å². The van der Waals surface area contributed by atoms with Crippen LogP contribution >= 0.6 is 0 Å². The van der Waals surface area contributed by atoms with Crippen molar-refractivity contribution in [2.24, 2.45) is 10.8 Å². The highest BCUT2D eigenvalue weighted by molar-refractivity contribution is 5.21. The molecule has 2 bridgehead atoms. The molecule has 2 fully saturated rings. The molecule has 3 aliphatic rings. The van der Waals surface area contributed by atoms with Crippen molar-refractivity contribution in [3.8, 4) is 0 Å². The van der Waals surface area contributed by atoms with Crippen molar-refractivity contribution in [3.63, 3.8) is 0 Å². The average Bonchev–Trinajstić information content (AvgIpc) is 2.82. The molecule has 26 heavy (non-hydrogen) atoms. The van der Waals surface area contributed by atoms with Gasteiger partial charge in [-0.2, -0.15) is 0 Å². The lowest BCUT2D eigenvalue weighted by molar-refractivity contribution is -0.255. The van der Waals surface area contributed by atoms with E-state index in [0.717, 1.165) is 64.6 Å². The highest BCUT2D eigenvalue weighted by Crippen LogP contribution is 2.61. The largest absolute Gasteiger partial charge is 0.396 e. The normalized spacial score (nSPS) is 37.2. The van der Waals surface area contributed by atoms with Crippen LogP contribution in [0.15, 0.2) is 42.5 Å². The first-order valence-electron chi connectivity index (χ1n) is 10.4. The van der Waals surface area contributed by atoms with E-state index >= 15 is 0 Å². The van der Waals surface area contributed by atoms with Gasteiger partial charge in [0.2, 0.25) is 0 Å². The Morgan fingerprint density at radius 3 is 2.65 bits per heavy atom.